The zero-order valence-corrected chi connectivity index (χ0v) is 13.9. The minimum atomic E-state index is -0.311. The molecular weight excluding hydrogens is 312 g/mol. The topological polar surface area (TPSA) is 113 Å². The van der Waals surface area contributed by atoms with E-state index in [-0.39, 0.29) is 48.2 Å². The number of anilines is 1. The second kappa shape index (κ2) is 5.73. The van der Waals surface area contributed by atoms with E-state index in [2.05, 4.69) is 20.4 Å². The summed E-state index contributed by atoms with van der Waals surface area (Å²) < 4.78 is 1.69. The zero-order chi connectivity index (χ0) is 17.5. The number of aromatic nitrogens is 4. The summed E-state index contributed by atoms with van der Waals surface area (Å²) in [6, 6.07) is 0. The van der Waals surface area contributed by atoms with Crippen molar-refractivity contribution in [3.8, 4) is 0 Å². The average Bonchev–Trinajstić information content (AvgIpc) is 3.05. The lowest BCUT2D eigenvalue weighted by atomic mass is 10.1. The van der Waals surface area contributed by atoms with Crippen molar-refractivity contribution in [1.29, 1.82) is 0 Å². The third-order valence-corrected chi connectivity index (χ3v) is 3.86. The number of hydrogen-bond acceptors (Lipinski definition) is 6. The molecule has 9 heteroatoms. The number of carbonyl (C=O) groups excluding carboxylic acids is 2. The lowest BCUT2D eigenvalue weighted by molar-refractivity contribution is -0.138. The van der Waals surface area contributed by atoms with Crippen molar-refractivity contribution in [1.82, 2.24) is 24.6 Å². The van der Waals surface area contributed by atoms with Gasteiger partial charge >= 0.3 is 0 Å². The second-order valence-corrected chi connectivity index (χ2v) is 6.74. The van der Waals surface area contributed by atoms with Gasteiger partial charge in [-0.3, -0.25) is 24.3 Å². The van der Waals surface area contributed by atoms with E-state index in [0.717, 1.165) is 0 Å². The van der Waals surface area contributed by atoms with Crippen LogP contribution in [-0.4, -0.2) is 49.6 Å². The third-order valence-electron chi connectivity index (χ3n) is 3.86. The summed E-state index contributed by atoms with van der Waals surface area (Å²) in [4.78, 5) is 43.6. The Hall–Kier alpha value is -2.71. The summed E-state index contributed by atoms with van der Waals surface area (Å²) >= 11 is 0. The number of amides is 2. The molecule has 2 amide bonds. The lowest BCUT2D eigenvalue weighted by Gasteiger charge is -2.20. The number of likely N-dealkylation sites (tertiary alicyclic amines) is 1. The first-order valence-corrected chi connectivity index (χ1v) is 7.83. The maximum Gasteiger partial charge on any atom is 0.263 e. The average molecular weight is 332 g/mol. The molecule has 0 bridgehead atoms. The molecule has 0 unspecified atom stereocenters. The second-order valence-electron chi connectivity index (χ2n) is 6.74. The molecule has 2 aromatic rings. The first-order chi connectivity index (χ1) is 11.3. The van der Waals surface area contributed by atoms with Crippen LogP contribution in [0.1, 0.15) is 33.6 Å². The van der Waals surface area contributed by atoms with Crippen molar-refractivity contribution < 1.29 is 9.59 Å². The van der Waals surface area contributed by atoms with E-state index >= 15 is 0 Å². The van der Waals surface area contributed by atoms with E-state index in [1.165, 1.54) is 11.1 Å². The standard InChI is InChI=1S/C15H20N6O3/c1-15(2,3)21-12-9(8-17-21)13(24)19-14(18-12)16-6-7-20-10(22)4-5-11(20)23/h8H,4-7H2,1-3H3,(H2,16,18,19,24). The fraction of sp³-hybridized carbons (Fsp3) is 0.533. The number of H-pyrrole nitrogens is 1. The highest BCUT2D eigenvalue weighted by atomic mass is 16.2. The highest BCUT2D eigenvalue weighted by Crippen LogP contribution is 2.18. The molecule has 1 fully saturated rings. The van der Waals surface area contributed by atoms with Gasteiger partial charge in [-0.15, -0.1) is 0 Å². The molecule has 24 heavy (non-hydrogen) atoms. The van der Waals surface area contributed by atoms with Crippen LogP contribution in [-0.2, 0) is 15.1 Å². The van der Waals surface area contributed by atoms with E-state index in [1.54, 1.807) is 4.68 Å². The van der Waals surface area contributed by atoms with Gasteiger partial charge in [-0.2, -0.15) is 10.1 Å². The van der Waals surface area contributed by atoms with Crippen LogP contribution in [0.4, 0.5) is 5.95 Å². The maximum atomic E-state index is 12.2. The SMILES string of the molecule is CC(C)(C)n1ncc2c(=O)[nH]c(NCCN3C(=O)CCC3=O)nc21. The van der Waals surface area contributed by atoms with Gasteiger partial charge in [0, 0.05) is 25.9 Å². The Morgan fingerprint density at radius 1 is 1.21 bits per heavy atom. The van der Waals surface area contributed by atoms with Gasteiger partial charge in [0.2, 0.25) is 17.8 Å². The summed E-state index contributed by atoms with van der Waals surface area (Å²) in [6.45, 7) is 6.48. The van der Waals surface area contributed by atoms with E-state index in [1.807, 2.05) is 20.8 Å². The van der Waals surface area contributed by atoms with E-state index in [0.29, 0.717) is 17.6 Å². The van der Waals surface area contributed by atoms with Crippen molar-refractivity contribution in [2.75, 3.05) is 18.4 Å². The number of aromatic amines is 1. The lowest BCUT2D eigenvalue weighted by Crippen LogP contribution is -2.34. The minimum Gasteiger partial charge on any atom is -0.354 e. The largest absolute Gasteiger partial charge is 0.354 e. The molecule has 0 aliphatic carbocycles. The minimum absolute atomic E-state index is 0.162. The summed E-state index contributed by atoms with van der Waals surface area (Å²) in [5, 5.41) is 7.62. The molecular formula is C15H20N6O3. The molecule has 1 aliphatic rings. The van der Waals surface area contributed by atoms with Gasteiger partial charge in [-0.05, 0) is 20.8 Å². The number of carbonyl (C=O) groups is 2. The van der Waals surface area contributed by atoms with Crippen LogP contribution >= 0.6 is 0 Å². The fourth-order valence-electron chi connectivity index (χ4n) is 2.65. The molecule has 0 atom stereocenters. The Bertz CT molecular complexity index is 844. The first-order valence-electron chi connectivity index (χ1n) is 7.83. The summed E-state index contributed by atoms with van der Waals surface area (Å²) in [6.07, 6.45) is 2.03. The molecule has 0 aromatic carbocycles. The molecule has 2 aromatic heterocycles. The van der Waals surface area contributed by atoms with Crippen LogP contribution in [0.25, 0.3) is 11.0 Å². The van der Waals surface area contributed by atoms with Crippen molar-refractivity contribution >= 4 is 28.8 Å². The van der Waals surface area contributed by atoms with Crippen molar-refractivity contribution in [2.24, 2.45) is 0 Å². The van der Waals surface area contributed by atoms with Gasteiger partial charge in [0.25, 0.3) is 5.56 Å². The van der Waals surface area contributed by atoms with Gasteiger partial charge in [-0.1, -0.05) is 0 Å². The van der Waals surface area contributed by atoms with Crippen molar-refractivity contribution in [3.63, 3.8) is 0 Å². The van der Waals surface area contributed by atoms with Gasteiger partial charge in [0.15, 0.2) is 5.65 Å². The zero-order valence-electron chi connectivity index (χ0n) is 13.9. The van der Waals surface area contributed by atoms with Crippen LogP contribution in [0.15, 0.2) is 11.0 Å². The molecule has 0 saturated carbocycles. The number of nitrogens with one attached hydrogen (secondary N) is 2. The van der Waals surface area contributed by atoms with Crippen LogP contribution in [0.3, 0.4) is 0 Å². The van der Waals surface area contributed by atoms with Gasteiger partial charge in [-0.25, -0.2) is 4.68 Å². The van der Waals surface area contributed by atoms with E-state index in [4.69, 9.17) is 0 Å². The van der Waals surface area contributed by atoms with Crippen molar-refractivity contribution in [2.45, 2.75) is 39.2 Å². The maximum absolute atomic E-state index is 12.2. The Kier molecular flexibility index (Phi) is 3.86. The predicted molar refractivity (Wildman–Crippen MR) is 87.6 cm³/mol. The Morgan fingerprint density at radius 3 is 2.50 bits per heavy atom. The molecule has 3 heterocycles. The summed E-state index contributed by atoms with van der Waals surface area (Å²) in [7, 11) is 0. The highest BCUT2D eigenvalue weighted by molar-refractivity contribution is 6.01. The van der Waals surface area contributed by atoms with Crippen LogP contribution < -0.4 is 10.9 Å². The van der Waals surface area contributed by atoms with Crippen LogP contribution in [0.5, 0.6) is 0 Å². The number of nitrogens with zero attached hydrogens (tertiary/aromatic N) is 4. The molecule has 9 nitrogen and oxygen atoms in total. The van der Waals surface area contributed by atoms with E-state index in [9.17, 15) is 14.4 Å². The summed E-state index contributed by atoms with van der Waals surface area (Å²) in [5.41, 5.74) is -0.109. The molecule has 2 N–H and O–H groups in total. The number of fused-ring (bicyclic) bond motifs is 1. The fourth-order valence-corrected chi connectivity index (χ4v) is 2.65. The first kappa shape index (κ1) is 16.2. The number of rotatable bonds is 4. The smallest absolute Gasteiger partial charge is 0.263 e. The molecule has 0 radical (unpaired) electrons. The molecule has 3 rings (SSSR count). The molecule has 1 aliphatic heterocycles. The summed E-state index contributed by atoms with van der Waals surface area (Å²) in [5.74, 6) is -0.0355. The van der Waals surface area contributed by atoms with E-state index < -0.39 is 0 Å². The Morgan fingerprint density at radius 2 is 1.88 bits per heavy atom. The monoisotopic (exact) mass is 332 g/mol. The Balaban J connectivity index is 1.79. The molecule has 0 spiro atoms. The van der Waals surface area contributed by atoms with Gasteiger partial charge in [0.05, 0.1) is 11.7 Å². The molecule has 128 valence electrons. The predicted octanol–water partition coefficient (Wildman–Crippen LogP) is 0.435. The van der Waals surface area contributed by atoms with Crippen LogP contribution in [0.2, 0.25) is 0 Å². The molecule has 1 saturated heterocycles. The Labute approximate surface area is 138 Å². The quantitative estimate of drug-likeness (QED) is 0.785. The van der Waals surface area contributed by atoms with Crippen molar-refractivity contribution in [3.05, 3.63) is 16.6 Å². The normalized spacial score (nSPS) is 15.5. The van der Waals surface area contributed by atoms with Gasteiger partial charge in [0.1, 0.15) is 5.39 Å². The number of hydrogen-bond donors (Lipinski definition) is 2. The van der Waals surface area contributed by atoms with Gasteiger partial charge < -0.3 is 5.32 Å². The number of imide groups is 1. The highest BCUT2D eigenvalue weighted by Gasteiger charge is 2.28. The van der Waals surface area contributed by atoms with Crippen LogP contribution in [0, 0.1) is 0 Å². The third kappa shape index (κ3) is 2.89.